The van der Waals surface area contributed by atoms with E-state index >= 15 is 0 Å². The second kappa shape index (κ2) is 12.5. The number of hydrogen-bond acceptors (Lipinski definition) is 2. The zero-order chi connectivity index (χ0) is 15.3. The van der Waals surface area contributed by atoms with Gasteiger partial charge in [0.1, 0.15) is 31.8 Å². The summed E-state index contributed by atoms with van der Waals surface area (Å²) in [6, 6.07) is 0. The maximum atomic E-state index is 5.78. The van der Waals surface area contributed by atoms with Gasteiger partial charge in [0.2, 0.25) is 0 Å². The predicted molar refractivity (Wildman–Crippen MR) is 93.2 cm³/mol. The molecule has 1 heterocycles. The molecule has 1 aliphatic heterocycles. The Labute approximate surface area is 133 Å². The molecule has 0 amide bonds. The lowest BCUT2D eigenvalue weighted by Gasteiger charge is -2.27. The molecule has 2 nitrogen and oxygen atoms in total. The summed E-state index contributed by atoms with van der Waals surface area (Å²) < 4.78 is 5.78. The summed E-state index contributed by atoms with van der Waals surface area (Å²) in [5.41, 5.74) is 0. The van der Waals surface area contributed by atoms with Crippen molar-refractivity contribution in [3.05, 3.63) is 0 Å². The van der Waals surface area contributed by atoms with E-state index in [0.717, 1.165) is 13.1 Å². The van der Waals surface area contributed by atoms with E-state index in [2.05, 4.69) is 25.7 Å². The first-order valence-electron chi connectivity index (χ1n) is 9.60. The third-order valence-electron chi connectivity index (χ3n) is 4.57. The van der Waals surface area contributed by atoms with Crippen LogP contribution in [0.25, 0.3) is 0 Å². The van der Waals surface area contributed by atoms with Gasteiger partial charge in [-0.15, -0.1) is 0 Å². The quantitative estimate of drug-likeness (QED) is 0.355. The Morgan fingerprint density at radius 3 is 1.62 bits per heavy atom. The van der Waals surface area contributed by atoms with Crippen molar-refractivity contribution in [3.8, 4) is 0 Å². The van der Waals surface area contributed by atoms with E-state index in [1.807, 2.05) is 0 Å². The van der Waals surface area contributed by atoms with Crippen molar-refractivity contribution in [1.82, 2.24) is 4.90 Å². The third-order valence-corrected chi connectivity index (χ3v) is 4.57. The lowest BCUT2D eigenvalue weighted by atomic mass is 10.1. The second-order valence-corrected chi connectivity index (χ2v) is 7.05. The van der Waals surface area contributed by atoms with E-state index in [-0.39, 0.29) is 0 Å². The third kappa shape index (κ3) is 10.3. The van der Waals surface area contributed by atoms with E-state index in [0.29, 0.717) is 12.2 Å². The highest BCUT2D eigenvalue weighted by Crippen LogP contribution is 2.12. The molecule has 0 N–H and O–H groups in total. The summed E-state index contributed by atoms with van der Waals surface area (Å²) in [7, 11) is 0. The first-order valence-corrected chi connectivity index (χ1v) is 9.60. The molecular weight excluding hydrogens is 258 g/mol. The van der Waals surface area contributed by atoms with Crippen LogP contribution in [0.1, 0.15) is 91.4 Å². The average Bonchev–Trinajstić information content (AvgIpc) is 2.44. The van der Waals surface area contributed by atoms with Crippen molar-refractivity contribution in [1.29, 1.82) is 0 Å². The standard InChI is InChI=1S/C19H39NO/c1-4-5-6-7-8-9-10-11-12-13-14-15-20-16-18(2)21-19(3)17-20/h18-19H,4-17H2,1-3H3/q+1. The Morgan fingerprint density at radius 2 is 1.14 bits per heavy atom. The molecule has 1 radical (unpaired) electrons. The number of morpholine rings is 1. The Kier molecular flexibility index (Phi) is 11.3. The lowest BCUT2D eigenvalue weighted by Crippen LogP contribution is -2.49. The molecule has 0 aromatic rings. The number of ether oxygens (including phenoxy) is 1. The molecule has 0 spiro atoms. The summed E-state index contributed by atoms with van der Waals surface area (Å²) in [4.78, 5) is 2.59. The van der Waals surface area contributed by atoms with E-state index in [4.69, 9.17) is 4.74 Å². The van der Waals surface area contributed by atoms with Crippen LogP contribution in [0.4, 0.5) is 0 Å². The van der Waals surface area contributed by atoms with Crippen LogP contribution in [0.15, 0.2) is 0 Å². The molecular formula is C19H39NO+. The molecule has 2 heteroatoms. The van der Waals surface area contributed by atoms with Crippen LogP contribution >= 0.6 is 0 Å². The van der Waals surface area contributed by atoms with Crippen LogP contribution in [0.2, 0.25) is 0 Å². The van der Waals surface area contributed by atoms with Crippen molar-refractivity contribution in [2.75, 3.05) is 19.6 Å². The van der Waals surface area contributed by atoms with Crippen molar-refractivity contribution >= 4 is 0 Å². The Balaban J connectivity index is 1.82. The van der Waals surface area contributed by atoms with E-state index in [1.165, 1.54) is 77.2 Å². The molecule has 2 unspecified atom stereocenters. The number of nitrogens with zero attached hydrogens (tertiary/aromatic N) is 1. The molecule has 125 valence electrons. The van der Waals surface area contributed by atoms with Crippen LogP contribution in [0.3, 0.4) is 0 Å². The highest BCUT2D eigenvalue weighted by atomic mass is 16.5. The molecule has 1 rings (SSSR count). The second-order valence-electron chi connectivity index (χ2n) is 7.05. The Hall–Kier alpha value is -0.0800. The highest BCUT2D eigenvalue weighted by Gasteiger charge is 2.28. The van der Waals surface area contributed by atoms with Gasteiger partial charge in [0.15, 0.2) is 0 Å². The van der Waals surface area contributed by atoms with Crippen molar-refractivity contribution < 1.29 is 4.74 Å². The van der Waals surface area contributed by atoms with E-state index in [9.17, 15) is 0 Å². The van der Waals surface area contributed by atoms with Gasteiger partial charge in [-0.2, -0.15) is 4.90 Å². The van der Waals surface area contributed by atoms with Crippen LogP contribution < -0.4 is 4.90 Å². The summed E-state index contributed by atoms with van der Waals surface area (Å²) in [6.07, 6.45) is 16.6. The van der Waals surface area contributed by atoms with Crippen LogP contribution in [0.5, 0.6) is 0 Å². The minimum absolute atomic E-state index is 0.418. The Morgan fingerprint density at radius 1 is 0.714 bits per heavy atom. The molecule has 0 aliphatic carbocycles. The van der Waals surface area contributed by atoms with Gasteiger partial charge in [0, 0.05) is 6.42 Å². The molecule has 1 fully saturated rings. The van der Waals surface area contributed by atoms with Crippen molar-refractivity contribution in [3.63, 3.8) is 0 Å². The predicted octanol–water partition coefficient (Wildman–Crippen LogP) is 5.24. The molecule has 1 saturated heterocycles. The van der Waals surface area contributed by atoms with Gasteiger partial charge in [0.05, 0.1) is 0 Å². The highest BCUT2D eigenvalue weighted by molar-refractivity contribution is 4.77. The first kappa shape index (κ1) is 19.0. The van der Waals surface area contributed by atoms with Gasteiger partial charge >= 0.3 is 0 Å². The lowest BCUT2D eigenvalue weighted by molar-refractivity contribution is -0.0412. The normalized spacial score (nSPS) is 23.6. The summed E-state index contributed by atoms with van der Waals surface area (Å²) >= 11 is 0. The molecule has 0 aromatic heterocycles. The zero-order valence-electron chi connectivity index (χ0n) is 14.9. The van der Waals surface area contributed by atoms with Gasteiger partial charge in [0.25, 0.3) is 0 Å². The molecule has 0 saturated carbocycles. The fraction of sp³-hybridized carbons (Fsp3) is 1.00. The monoisotopic (exact) mass is 297 g/mol. The number of unbranched alkanes of at least 4 members (excludes halogenated alkanes) is 10. The largest absolute Gasteiger partial charge is 0.363 e. The summed E-state index contributed by atoms with van der Waals surface area (Å²) in [5, 5.41) is 0. The summed E-state index contributed by atoms with van der Waals surface area (Å²) in [5.74, 6) is 0. The van der Waals surface area contributed by atoms with Gasteiger partial charge in [-0.05, 0) is 20.3 Å². The van der Waals surface area contributed by atoms with E-state index in [1.54, 1.807) is 0 Å². The van der Waals surface area contributed by atoms with Crippen LogP contribution in [-0.2, 0) is 4.74 Å². The fourth-order valence-corrected chi connectivity index (χ4v) is 3.47. The van der Waals surface area contributed by atoms with Crippen molar-refractivity contribution in [2.45, 2.75) is 104 Å². The summed E-state index contributed by atoms with van der Waals surface area (Å²) in [6.45, 7) is 10.2. The number of hydrogen-bond donors (Lipinski definition) is 0. The maximum absolute atomic E-state index is 5.78. The molecule has 0 bridgehead atoms. The molecule has 0 aromatic carbocycles. The molecule has 1 aliphatic rings. The molecule has 21 heavy (non-hydrogen) atoms. The van der Waals surface area contributed by atoms with Crippen LogP contribution in [-0.4, -0.2) is 31.8 Å². The smallest absolute Gasteiger partial charge is 0.148 e. The zero-order valence-corrected chi connectivity index (χ0v) is 14.9. The van der Waals surface area contributed by atoms with Gasteiger partial charge in [-0.1, -0.05) is 64.7 Å². The number of rotatable bonds is 12. The minimum atomic E-state index is 0.418. The Bertz CT molecular complexity index is 222. The van der Waals surface area contributed by atoms with Gasteiger partial charge in [-0.3, -0.25) is 0 Å². The van der Waals surface area contributed by atoms with Crippen molar-refractivity contribution in [2.24, 2.45) is 0 Å². The topological polar surface area (TPSA) is 15.1 Å². The average molecular weight is 298 g/mol. The van der Waals surface area contributed by atoms with E-state index < -0.39 is 0 Å². The fourth-order valence-electron chi connectivity index (χ4n) is 3.47. The molecule has 2 atom stereocenters. The SMILES string of the molecule is CCCCCCCCCCCCC[N+]1CC(C)OC(C)C1. The minimum Gasteiger partial charge on any atom is -0.363 e. The maximum Gasteiger partial charge on any atom is 0.148 e. The van der Waals surface area contributed by atoms with Gasteiger partial charge in [-0.25, -0.2) is 0 Å². The van der Waals surface area contributed by atoms with Gasteiger partial charge < -0.3 is 4.74 Å². The first-order chi connectivity index (χ1) is 10.2. The van der Waals surface area contributed by atoms with Crippen LogP contribution in [0, 0.1) is 0 Å².